The first kappa shape index (κ1) is 19.1. The number of carbonyl (C=O) groups is 4. The molecule has 1 aromatic carbocycles. The zero-order valence-corrected chi connectivity index (χ0v) is 13.1. The summed E-state index contributed by atoms with van der Waals surface area (Å²) in [4.78, 5) is 44.0. The van der Waals surface area contributed by atoms with Gasteiger partial charge in [0.25, 0.3) is 0 Å². The van der Waals surface area contributed by atoms with Gasteiger partial charge in [0.15, 0.2) is 11.8 Å². The van der Waals surface area contributed by atoms with Gasteiger partial charge >= 0.3 is 23.9 Å². The highest BCUT2D eigenvalue weighted by molar-refractivity contribution is 5.93. The smallest absolute Gasteiger partial charge is 0.318 e. The van der Waals surface area contributed by atoms with Crippen molar-refractivity contribution in [2.75, 3.05) is 0 Å². The number of benzene rings is 1. The van der Waals surface area contributed by atoms with Crippen LogP contribution in [0.1, 0.15) is 22.3 Å². The summed E-state index contributed by atoms with van der Waals surface area (Å²) in [6.45, 7) is 3.27. The van der Waals surface area contributed by atoms with Gasteiger partial charge in [-0.15, -0.1) is 0 Å². The molecule has 1 aromatic rings. The molecule has 8 nitrogen and oxygen atoms in total. The van der Waals surface area contributed by atoms with E-state index in [0.29, 0.717) is 22.3 Å². The van der Waals surface area contributed by atoms with Gasteiger partial charge in [-0.1, -0.05) is 12.1 Å². The van der Waals surface area contributed by atoms with Crippen molar-refractivity contribution in [1.82, 2.24) is 0 Å². The first-order chi connectivity index (χ1) is 11.0. The van der Waals surface area contributed by atoms with Crippen molar-refractivity contribution in [2.24, 2.45) is 11.8 Å². The van der Waals surface area contributed by atoms with Crippen LogP contribution >= 0.6 is 0 Å². The SMILES string of the molecule is Cc1cc(CC(C(=O)O)C(=O)O)c(C)cc1CC(C(=O)O)C(=O)O. The van der Waals surface area contributed by atoms with Crippen molar-refractivity contribution in [3.8, 4) is 0 Å². The van der Waals surface area contributed by atoms with Gasteiger partial charge in [-0.3, -0.25) is 19.2 Å². The van der Waals surface area contributed by atoms with Crippen molar-refractivity contribution in [1.29, 1.82) is 0 Å². The number of carboxylic acids is 4. The lowest BCUT2D eigenvalue weighted by atomic mass is 9.89. The lowest BCUT2D eigenvalue weighted by molar-refractivity contribution is -0.156. The summed E-state index contributed by atoms with van der Waals surface area (Å²) >= 11 is 0. The van der Waals surface area contributed by atoms with E-state index in [4.69, 9.17) is 20.4 Å². The van der Waals surface area contributed by atoms with Crippen LogP contribution in [0.25, 0.3) is 0 Å². The fraction of sp³-hybridized carbons (Fsp3) is 0.375. The molecule has 0 bridgehead atoms. The van der Waals surface area contributed by atoms with Crippen LogP contribution < -0.4 is 0 Å². The van der Waals surface area contributed by atoms with Crippen LogP contribution in [-0.4, -0.2) is 44.3 Å². The van der Waals surface area contributed by atoms with Crippen LogP contribution in [0.2, 0.25) is 0 Å². The minimum absolute atomic E-state index is 0.209. The third kappa shape index (κ3) is 4.55. The highest BCUT2D eigenvalue weighted by Gasteiger charge is 2.28. The lowest BCUT2D eigenvalue weighted by Gasteiger charge is -2.15. The topological polar surface area (TPSA) is 149 Å². The van der Waals surface area contributed by atoms with Gasteiger partial charge in [0.05, 0.1) is 0 Å². The van der Waals surface area contributed by atoms with Crippen molar-refractivity contribution in [2.45, 2.75) is 26.7 Å². The van der Waals surface area contributed by atoms with Gasteiger partial charge < -0.3 is 20.4 Å². The van der Waals surface area contributed by atoms with Gasteiger partial charge in [-0.05, 0) is 48.9 Å². The Balaban J connectivity index is 3.13. The third-order valence-corrected chi connectivity index (χ3v) is 3.83. The highest BCUT2D eigenvalue weighted by Crippen LogP contribution is 2.22. The maximum Gasteiger partial charge on any atom is 0.318 e. The quantitative estimate of drug-likeness (QED) is 0.512. The summed E-state index contributed by atoms with van der Waals surface area (Å²) in [5.41, 5.74) is 2.18. The molecule has 0 atom stereocenters. The van der Waals surface area contributed by atoms with E-state index in [2.05, 4.69) is 0 Å². The van der Waals surface area contributed by atoms with Crippen LogP contribution in [0.5, 0.6) is 0 Å². The van der Waals surface area contributed by atoms with E-state index < -0.39 is 35.7 Å². The predicted molar refractivity (Wildman–Crippen MR) is 80.8 cm³/mol. The molecule has 0 aliphatic carbocycles. The molecule has 0 aliphatic rings. The number of aliphatic carboxylic acids is 4. The second-order valence-corrected chi connectivity index (χ2v) is 5.57. The Bertz CT molecular complexity index is 604. The van der Waals surface area contributed by atoms with E-state index in [1.807, 2.05) is 0 Å². The van der Waals surface area contributed by atoms with Crippen LogP contribution in [0.15, 0.2) is 12.1 Å². The van der Waals surface area contributed by atoms with Crippen LogP contribution in [0.3, 0.4) is 0 Å². The van der Waals surface area contributed by atoms with E-state index in [0.717, 1.165) is 0 Å². The largest absolute Gasteiger partial charge is 0.481 e. The molecule has 0 unspecified atom stereocenters. The molecule has 0 amide bonds. The minimum Gasteiger partial charge on any atom is -0.481 e. The zero-order valence-electron chi connectivity index (χ0n) is 13.1. The summed E-state index contributed by atoms with van der Waals surface area (Å²) in [7, 11) is 0. The molecule has 0 saturated carbocycles. The predicted octanol–water partition coefficient (Wildman–Crippen LogP) is 0.959. The van der Waals surface area contributed by atoms with Crippen molar-refractivity contribution < 1.29 is 39.6 Å². The van der Waals surface area contributed by atoms with Crippen molar-refractivity contribution in [3.05, 3.63) is 34.4 Å². The second-order valence-electron chi connectivity index (χ2n) is 5.57. The Kier molecular flexibility index (Phi) is 6.05. The average molecular weight is 338 g/mol. The lowest BCUT2D eigenvalue weighted by Crippen LogP contribution is -2.26. The van der Waals surface area contributed by atoms with Crippen molar-refractivity contribution >= 4 is 23.9 Å². The summed E-state index contributed by atoms with van der Waals surface area (Å²) in [6.07, 6.45) is -0.419. The molecule has 8 heteroatoms. The zero-order chi connectivity index (χ0) is 18.6. The fourth-order valence-electron chi connectivity index (χ4n) is 2.38. The molecule has 0 aliphatic heterocycles. The van der Waals surface area contributed by atoms with E-state index in [1.165, 1.54) is 0 Å². The minimum atomic E-state index is -1.58. The molecule has 0 saturated heterocycles. The molecule has 0 fully saturated rings. The number of hydrogen-bond donors (Lipinski definition) is 4. The molecule has 1 rings (SSSR count). The van der Waals surface area contributed by atoms with Gasteiger partial charge in [-0.2, -0.15) is 0 Å². The number of carboxylic acid groups (broad SMARTS) is 4. The molecule has 130 valence electrons. The Morgan fingerprint density at radius 2 is 0.958 bits per heavy atom. The van der Waals surface area contributed by atoms with Gasteiger partial charge in [0, 0.05) is 0 Å². The average Bonchev–Trinajstić information content (AvgIpc) is 2.44. The molecular weight excluding hydrogens is 320 g/mol. The van der Waals surface area contributed by atoms with E-state index in [1.54, 1.807) is 26.0 Å². The Hall–Kier alpha value is -2.90. The Morgan fingerprint density at radius 1 is 0.708 bits per heavy atom. The maximum atomic E-state index is 11.0. The van der Waals surface area contributed by atoms with Gasteiger partial charge in [0.2, 0.25) is 0 Å². The van der Waals surface area contributed by atoms with Gasteiger partial charge in [0.1, 0.15) is 0 Å². The van der Waals surface area contributed by atoms with Crippen LogP contribution in [0, 0.1) is 25.7 Å². The first-order valence-electron chi connectivity index (χ1n) is 7.04. The molecule has 0 aromatic heterocycles. The van der Waals surface area contributed by atoms with E-state index in [-0.39, 0.29) is 12.8 Å². The second kappa shape index (κ2) is 7.58. The molecule has 0 radical (unpaired) electrons. The Labute approximate surface area is 137 Å². The third-order valence-electron chi connectivity index (χ3n) is 3.83. The summed E-state index contributed by atoms with van der Waals surface area (Å²) < 4.78 is 0. The van der Waals surface area contributed by atoms with Crippen molar-refractivity contribution in [3.63, 3.8) is 0 Å². The van der Waals surface area contributed by atoms with Crippen LogP contribution in [-0.2, 0) is 32.0 Å². The first-order valence-corrected chi connectivity index (χ1v) is 7.04. The maximum absolute atomic E-state index is 11.0. The van der Waals surface area contributed by atoms with Gasteiger partial charge in [-0.25, -0.2) is 0 Å². The molecule has 24 heavy (non-hydrogen) atoms. The normalized spacial score (nSPS) is 10.8. The molecule has 0 spiro atoms. The fourth-order valence-corrected chi connectivity index (χ4v) is 2.38. The van der Waals surface area contributed by atoms with Crippen LogP contribution in [0.4, 0.5) is 0 Å². The summed E-state index contributed by atoms with van der Waals surface area (Å²) in [5, 5.41) is 35.8. The number of hydrogen-bond acceptors (Lipinski definition) is 4. The molecule has 4 N–H and O–H groups in total. The summed E-state index contributed by atoms with van der Waals surface area (Å²) in [6, 6.07) is 3.15. The van der Waals surface area contributed by atoms with E-state index >= 15 is 0 Å². The molecular formula is C16H18O8. The standard InChI is InChI=1S/C16H18O8/c1-7-3-10(6-12(15(21)22)16(23)24)8(2)4-9(7)5-11(13(17)18)14(19)20/h3-4,11-12H,5-6H2,1-2H3,(H,17,18)(H,19,20)(H,21,22)(H,23,24). The Morgan fingerprint density at radius 3 is 1.17 bits per heavy atom. The number of rotatable bonds is 8. The highest BCUT2D eigenvalue weighted by atomic mass is 16.4. The molecule has 0 heterocycles. The summed E-state index contributed by atoms with van der Waals surface area (Å²) in [5.74, 6) is -8.94. The monoisotopic (exact) mass is 338 g/mol. The van der Waals surface area contributed by atoms with E-state index in [9.17, 15) is 19.2 Å². The number of aryl methyl sites for hydroxylation is 2.